The maximum atomic E-state index is 12.9. The van der Waals surface area contributed by atoms with E-state index in [1.54, 1.807) is 12.4 Å². The molecule has 2 saturated heterocycles. The predicted octanol–water partition coefficient (Wildman–Crippen LogP) is 7.16. The zero-order chi connectivity index (χ0) is 35.2. The van der Waals surface area contributed by atoms with Gasteiger partial charge < -0.3 is 29.2 Å². The molecule has 0 amide bonds. The van der Waals surface area contributed by atoms with Crippen LogP contribution in [0.15, 0.2) is 61.2 Å². The van der Waals surface area contributed by atoms with Crippen LogP contribution < -0.4 is 9.80 Å². The number of nitrogens with one attached hydrogen (secondary N) is 2. The topological polar surface area (TPSA) is 108 Å². The smallest absolute Gasteiger partial charge is 0.140 e. The molecular weight excluding hydrogens is 626 g/mol. The lowest BCUT2D eigenvalue weighted by Gasteiger charge is -2.32. The van der Waals surface area contributed by atoms with Gasteiger partial charge >= 0.3 is 0 Å². The van der Waals surface area contributed by atoms with Crippen molar-refractivity contribution in [2.75, 3.05) is 69.1 Å². The van der Waals surface area contributed by atoms with Crippen LogP contribution in [0.1, 0.15) is 41.3 Å². The van der Waals surface area contributed by atoms with Crippen molar-refractivity contribution in [3.05, 3.63) is 61.2 Å². The largest absolute Gasteiger partial charge is 0.379 e. The zero-order valence-corrected chi connectivity index (χ0v) is 27.6. The minimum Gasteiger partial charge on any atom is -0.379 e. The fraction of sp³-hybridized carbons (Fsp3) is 0.459. The summed E-state index contributed by atoms with van der Waals surface area (Å²) in [7, 11) is 0. The first-order valence-electron chi connectivity index (χ1n) is 18.2. The van der Waals surface area contributed by atoms with Crippen molar-refractivity contribution in [3.63, 3.8) is 0 Å². The minimum absolute atomic E-state index is 0.0523. The second-order valence-electron chi connectivity index (χ2n) is 12.7. The van der Waals surface area contributed by atoms with Gasteiger partial charge in [0.05, 0.1) is 33.1 Å². The third kappa shape index (κ3) is 7.75. The Morgan fingerprint density at radius 2 is 1.29 bits per heavy atom. The van der Waals surface area contributed by atoms with Crippen molar-refractivity contribution in [2.45, 2.75) is 44.6 Å². The van der Waals surface area contributed by atoms with Gasteiger partial charge in [0.2, 0.25) is 0 Å². The third-order valence-electron chi connectivity index (χ3n) is 9.64. The molecule has 0 saturated carbocycles. The highest BCUT2D eigenvalue weighted by Crippen LogP contribution is 2.29. The lowest BCUT2D eigenvalue weighted by molar-refractivity contribution is 0.0333. The molecule has 0 unspecified atom stereocenters. The van der Waals surface area contributed by atoms with Gasteiger partial charge in [0, 0.05) is 85.7 Å². The molecule has 8 heterocycles. The Kier molecular flexibility index (Phi) is 9.91. The number of rotatable bonds is 11. The summed E-state index contributed by atoms with van der Waals surface area (Å²) in [6.45, 7) is 1.60. The van der Waals surface area contributed by atoms with Crippen LogP contribution in [0.25, 0.3) is 43.9 Å². The van der Waals surface area contributed by atoms with Gasteiger partial charge in [-0.1, -0.05) is 0 Å². The normalized spacial score (nSPS) is 17.1. The number of aromatic amines is 2. The molecule has 0 atom stereocenters. The fourth-order valence-electron chi connectivity index (χ4n) is 6.94. The summed E-state index contributed by atoms with van der Waals surface area (Å²) in [5.74, 6) is 2.62. The molecule has 0 aromatic carbocycles. The molecule has 2 fully saturated rings. The van der Waals surface area contributed by atoms with Crippen LogP contribution in [-0.4, -0.2) is 95.3 Å². The number of aromatic nitrogens is 6. The highest BCUT2D eigenvalue weighted by molar-refractivity contribution is 6.06. The number of ether oxygens (including phenoxy) is 2. The summed E-state index contributed by atoms with van der Waals surface area (Å²) in [6, 6.07) is 12.3. The number of piperidine rings is 2. The van der Waals surface area contributed by atoms with Crippen LogP contribution in [-0.2, 0) is 9.47 Å². The number of halogens is 2. The molecule has 12 heteroatoms. The maximum absolute atomic E-state index is 12.9. The van der Waals surface area contributed by atoms with Gasteiger partial charge in [0.25, 0.3) is 0 Å². The molecule has 6 aromatic heterocycles. The molecule has 0 aliphatic carbocycles. The zero-order valence-electron chi connectivity index (χ0n) is 29.6. The quantitative estimate of drug-likeness (QED) is 0.140. The molecule has 258 valence electrons. The Morgan fingerprint density at radius 1 is 0.714 bits per heavy atom. The molecule has 2 N–H and O–H groups in total. The summed E-state index contributed by atoms with van der Waals surface area (Å²) in [4.78, 5) is 29.2. The van der Waals surface area contributed by atoms with Gasteiger partial charge in [0.15, 0.2) is 0 Å². The molecule has 2 aliphatic rings. The molecular formula is C37H44F2N8O2. The average Bonchev–Trinajstić information content (AvgIpc) is 3.71. The van der Waals surface area contributed by atoms with Crippen molar-refractivity contribution in [3.8, 4) is 0 Å². The third-order valence-corrected chi connectivity index (χ3v) is 9.64. The second-order valence-corrected chi connectivity index (χ2v) is 12.7. The van der Waals surface area contributed by atoms with Crippen molar-refractivity contribution in [1.29, 1.82) is 0 Å². The van der Waals surface area contributed by atoms with E-state index in [9.17, 15) is 8.78 Å². The Morgan fingerprint density at radius 3 is 1.84 bits per heavy atom. The van der Waals surface area contributed by atoms with Gasteiger partial charge in [0.1, 0.15) is 29.6 Å². The monoisotopic (exact) mass is 672 g/mol. The van der Waals surface area contributed by atoms with Crippen LogP contribution in [0.5, 0.6) is 0 Å². The number of pyridine rings is 4. The summed E-state index contributed by atoms with van der Waals surface area (Å²) in [6.07, 6.45) is 12.1. The standard InChI is InChI=1S/C19H23FN4O.C18H21FN4O/c20-7-12-25-11-6-14-4-9-24(10-5-14)18-2-1-15-16-13-21-8-3-17(16)22-19(15)23-18;19-7-1-11-24-13-5-9-23(10-6-13)17-3-2-14-15-12-20-8-4-16(15)21-18(14)22-17/h1-3,8,13-14H,4-7,9-12H2,(H,22,23);2-4,8,12-13H,1,5-7,9-11H2,(H,21,22)/i;7D2. The van der Waals surface area contributed by atoms with E-state index in [1.807, 2.05) is 30.6 Å². The first-order valence-corrected chi connectivity index (χ1v) is 17.2. The van der Waals surface area contributed by atoms with E-state index in [4.69, 9.17) is 22.2 Å². The van der Waals surface area contributed by atoms with Crippen molar-refractivity contribution < 1.29 is 21.0 Å². The summed E-state index contributed by atoms with van der Waals surface area (Å²) in [5.41, 5.74) is 3.87. The van der Waals surface area contributed by atoms with Gasteiger partial charge in [-0.2, -0.15) is 0 Å². The van der Waals surface area contributed by atoms with E-state index in [1.165, 1.54) is 0 Å². The van der Waals surface area contributed by atoms with Gasteiger partial charge in [-0.15, -0.1) is 0 Å². The average molecular weight is 673 g/mol. The Balaban J connectivity index is 0.000000159. The predicted molar refractivity (Wildman–Crippen MR) is 191 cm³/mol. The first-order chi connectivity index (χ1) is 24.8. The highest BCUT2D eigenvalue weighted by Gasteiger charge is 2.22. The van der Waals surface area contributed by atoms with E-state index >= 15 is 0 Å². The molecule has 8 rings (SSSR count). The molecule has 0 spiro atoms. The summed E-state index contributed by atoms with van der Waals surface area (Å²) in [5, 5.41) is 4.37. The number of hydrogen-bond acceptors (Lipinski definition) is 8. The Hall–Kier alpha value is -4.42. The molecule has 10 nitrogen and oxygen atoms in total. The number of hydrogen-bond donors (Lipinski definition) is 2. The van der Waals surface area contributed by atoms with Crippen LogP contribution in [0, 0.1) is 5.92 Å². The SMILES string of the molecule is FCCOCCC1CCN(c2ccc3c(n2)[nH]c2ccncc23)CC1.[2H]C([2H])(F)CCOC1CCN(c2ccc3c(n2)[nH]c2ccncc23)CC1. The summed E-state index contributed by atoms with van der Waals surface area (Å²) >= 11 is 0. The molecule has 2 aliphatic heterocycles. The molecule has 0 radical (unpaired) electrons. The maximum Gasteiger partial charge on any atom is 0.140 e. The number of H-pyrrole nitrogens is 2. The Bertz CT molecular complexity index is 2040. The van der Waals surface area contributed by atoms with Gasteiger partial charge in [-0.25, -0.2) is 14.4 Å². The van der Waals surface area contributed by atoms with Crippen molar-refractivity contribution in [2.24, 2.45) is 5.92 Å². The van der Waals surface area contributed by atoms with Gasteiger partial charge in [-0.3, -0.25) is 14.4 Å². The van der Waals surface area contributed by atoms with Crippen molar-refractivity contribution in [1.82, 2.24) is 29.9 Å². The number of nitrogens with zero attached hydrogens (tertiary/aromatic N) is 6. The van der Waals surface area contributed by atoms with E-state index in [-0.39, 0.29) is 25.7 Å². The highest BCUT2D eigenvalue weighted by atomic mass is 19.1. The lowest BCUT2D eigenvalue weighted by atomic mass is 9.94. The second kappa shape index (κ2) is 15.9. The first kappa shape index (κ1) is 30.6. The van der Waals surface area contributed by atoms with Crippen LogP contribution in [0.4, 0.5) is 20.4 Å². The number of alkyl halides is 2. The van der Waals surface area contributed by atoms with E-state index in [2.05, 4.69) is 47.9 Å². The van der Waals surface area contributed by atoms with E-state index in [0.717, 1.165) is 114 Å². The molecule has 49 heavy (non-hydrogen) atoms. The van der Waals surface area contributed by atoms with Crippen LogP contribution in [0.3, 0.4) is 0 Å². The van der Waals surface area contributed by atoms with Crippen LogP contribution in [0.2, 0.25) is 0 Å². The van der Waals surface area contributed by atoms with E-state index in [0.29, 0.717) is 12.5 Å². The Labute approximate surface area is 287 Å². The lowest BCUT2D eigenvalue weighted by Crippen LogP contribution is -2.37. The van der Waals surface area contributed by atoms with Crippen LogP contribution >= 0.6 is 0 Å². The fourth-order valence-corrected chi connectivity index (χ4v) is 6.94. The number of anilines is 2. The van der Waals surface area contributed by atoms with Gasteiger partial charge in [-0.05, 0) is 80.8 Å². The molecule has 6 aromatic rings. The van der Waals surface area contributed by atoms with Crippen molar-refractivity contribution >= 4 is 55.5 Å². The number of fused-ring (bicyclic) bond motifs is 6. The van der Waals surface area contributed by atoms with E-state index < -0.39 is 13.3 Å². The molecule has 0 bridgehead atoms. The minimum atomic E-state index is -2.66. The summed E-state index contributed by atoms with van der Waals surface area (Å²) < 4.78 is 49.6.